The number of nitrogens with one attached hydrogen (secondary N) is 1. The number of carbonyl (C=O) groups is 1. The minimum absolute atomic E-state index is 0.0640. The summed E-state index contributed by atoms with van der Waals surface area (Å²) in [6.07, 6.45) is 0. The number of nitrogens with zero attached hydrogens (tertiary/aromatic N) is 1. The Hall–Kier alpha value is -2.70. The Kier molecular flexibility index (Phi) is 5.18. The lowest BCUT2D eigenvalue weighted by Gasteiger charge is -2.07. The monoisotopic (exact) mass is 438 g/mol. The van der Waals surface area contributed by atoms with Gasteiger partial charge in [0.05, 0.1) is 5.69 Å². The fourth-order valence-corrected chi connectivity index (χ4v) is 3.65. The van der Waals surface area contributed by atoms with Gasteiger partial charge in [-0.3, -0.25) is 10.1 Å². The molecule has 1 heterocycles. The van der Waals surface area contributed by atoms with Gasteiger partial charge in [-0.15, -0.1) is 11.3 Å². The highest BCUT2D eigenvalue weighted by atomic mass is 79.9. The molecule has 1 aromatic heterocycles. The fraction of sp³-hybridized carbons (Fsp3) is 0.0476. The molecule has 0 bridgehead atoms. The van der Waals surface area contributed by atoms with E-state index in [0.29, 0.717) is 10.9 Å². The summed E-state index contributed by atoms with van der Waals surface area (Å²) in [7, 11) is 0. The highest BCUT2D eigenvalue weighted by Gasteiger charge is 2.09. The topological polar surface area (TPSA) is 51.2 Å². The van der Waals surface area contributed by atoms with E-state index in [4.69, 9.17) is 4.74 Å². The number of anilines is 1. The minimum atomic E-state index is -0.236. The lowest BCUT2D eigenvalue weighted by molar-refractivity contribution is -0.118. The lowest BCUT2D eigenvalue weighted by Crippen LogP contribution is -2.20. The Morgan fingerprint density at radius 2 is 1.81 bits per heavy atom. The van der Waals surface area contributed by atoms with Crippen LogP contribution in [0.3, 0.4) is 0 Å². The van der Waals surface area contributed by atoms with E-state index in [-0.39, 0.29) is 12.5 Å². The highest BCUT2D eigenvalue weighted by molar-refractivity contribution is 9.10. The zero-order chi connectivity index (χ0) is 18.6. The number of hydrogen-bond acceptors (Lipinski definition) is 4. The number of halogens is 1. The molecule has 1 amide bonds. The number of benzene rings is 3. The molecule has 4 aromatic rings. The van der Waals surface area contributed by atoms with Crippen molar-refractivity contribution in [2.75, 3.05) is 11.9 Å². The summed E-state index contributed by atoms with van der Waals surface area (Å²) in [5.41, 5.74) is 1.83. The van der Waals surface area contributed by atoms with Crippen LogP contribution in [0.1, 0.15) is 0 Å². The third kappa shape index (κ3) is 4.35. The summed E-state index contributed by atoms with van der Waals surface area (Å²) in [6.45, 7) is -0.0640. The maximum Gasteiger partial charge on any atom is 0.264 e. The average Bonchev–Trinajstić information content (AvgIpc) is 3.15. The number of aromatic nitrogens is 1. The van der Waals surface area contributed by atoms with Crippen LogP contribution in [0.2, 0.25) is 0 Å². The van der Waals surface area contributed by atoms with Gasteiger partial charge in [0.15, 0.2) is 11.7 Å². The zero-order valence-electron chi connectivity index (χ0n) is 14.2. The molecule has 3 aromatic carbocycles. The molecular formula is C21H15BrN2O2S. The van der Waals surface area contributed by atoms with Gasteiger partial charge in [-0.25, -0.2) is 4.98 Å². The van der Waals surface area contributed by atoms with E-state index < -0.39 is 0 Å². The predicted molar refractivity (Wildman–Crippen MR) is 113 cm³/mol. The molecule has 0 saturated heterocycles. The van der Waals surface area contributed by atoms with Crippen molar-refractivity contribution in [3.05, 3.63) is 76.6 Å². The van der Waals surface area contributed by atoms with Crippen LogP contribution in [0.15, 0.2) is 76.6 Å². The number of fused-ring (bicyclic) bond motifs is 1. The van der Waals surface area contributed by atoms with E-state index >= 15 is 0 Å². The Labute approximate surface area is 169 Å². The third-order valence-electron chi connectivity index (χ3n) is 3.98. The average molecular weight is 439 g/mol. The summed E-state index contributed by atoms with van der Waals surface area (Å²) in [4.78, 5) is 16.6. The molecule has 0 aliphatic carbocycles. The standard InChI is InChI=1S/C21H15BrN2O2S/c22-17-8-5-15(6-9-17)19-13-27-21(23-19)24-20(25)12-26-18-10-7-14-3-1-2-4-16(14)11-18/h1-11,13H,12H2,(H,23,24,25). The second-order valence-electron chi connectivity index (χ2n) is 5.89. The molecule has 0 fully saturated rings. The number of thiazole rings is 1. The first-order valence-electron chi connectivity index (χ1n) is 8.30. The normalized spacial score (nSPS) is 10.7. The first kappa shape index (κ1) is 17.7. The molecule has 4 nitrogen and oxygen atoms in total. The molecule has 0 atom stereocenters. The van der Waals surface area contributed by atoms with E-state index in [2.05, 4.69) is 26.2 Å². The molecular weight excluding hydrogens is 424 g/mol. The van der Waals surface area contributed by atoms with Crippen LogP contribution in [0.25, 0.3) is 22.0 Å². The number of hydrogen-bond donors (Lipinski definition) is 1. The van der Waals surface area contributed by atoms with Gasteiger partial charge in [0, 0.05) is 15.4 Å². The van der Waals surface area contributed by atoms with Crippen LogP contribution in [-0.2, 0) is 4.79 Å². The van der Waals surface area contributed by atoms with Gasteiger partial charge in [-0.05, 0) is 35.0 Å². The maximum absolute atomic E-state index is 12.2. The van der Waals surface area contributed by atoms with Gasteiger partial charge in [-0.2, -0.15) is 0 Å². The van der Waals surface area contributed by atoms with Gasteiger partial charge >= 0.3 is 0 Å². The lowest BCUT2D eigenvalue weighted by atomic mass is 10.1. The summed E-state index contributed by atoms with van der Waals surface area (Å²) >= 11 is 4.81. The number of ether oxygens (including phenoxy) is 1. The van der Waals surface area contributed by atoms with E-state index in [1.165, 1.54) is 11.3 Å². The van der Waals surface area contributed by atoms with Crippen LogP contribution in [0, 0.1) is 0 Å². The summed E-state index contributed by atoms with van der Waals surface area (Å²) in [5.74, 6) is 0.429. The molecule has 0 aliphatic rings. The van der Waals surface area contributed by atoms with E-state index in [9.17, 15) is 4.79 Å². The van der Waals surface area contributed by atoms with Gasteiger partial charge in [-0.1, -0.05) is 58.4 Å². The molecule has 1 N–H and O–H groups in total. The largest absolute Gasteiger partial charge is 0.484 e. The molecule has 134 valence electrons. The smallest absolute Gasteiger partial charge is 0.264 e. The number of amides is 1. The quantitative estimate of drug-likeness (QED) is 0.431. The first-order chi connectivity index (χ1) is 13.2. The van der Waals surface area contributed by atoms with Crippen molar-refractivity contribution in [3.63, 3.8) is 0 Å². The van der Waals surface area contributed by atoms with Gasteiger partial charge in [0.1, 0.15) is 5.75 Å². The Balaban J connectivity index is 1.37. The molecule has 0 saturated carbocycles. The van der Waals surface area contributed by atoms with Crippen molar-refractivity contribution in [2.24, 2.45) is 0 Å². The molecule has 0 radical (unpaired) electrons. The van der Waals surface area contributed by atoms with Crippen LogP contribution in [-0.4, -0.2) is 17.5 Å². The highest BCUT2D eigenvalue weighted by Crippen LogP contribution is 2.26. The van der Waals surface area contributed by atoms with Crippen molar-refractivity contribution in [1.82, 2.24) is 4.98 Å². The fourth-order valence-electron chi connectivity index (χ4n) is 2.65. The van der Waals surface area contributed by atoms with Gasteiger partial charge in [0.25, 0.3) is 5.91 Å². The van der Waals surface area contributed by atoms with Crippen molar-refractivity contribution in [2.45, 2.75) is 0 Å². The second kappa shape index (κ2) is 7.90. The van der Waals surface area contributed by atoms with Crippen LogP contribution in [0.5, 0.6) is 5.75 Å². The zero-order valence-corrected chi connectivity index (χ0v) is 16.6. The number of rotatable bonds is 5. The Morgan fingerprint density at radius 1 is 1.04 bits per heavy atom. The summed E-state index contributed by atoms with van der Waals surface area (Å²) < 4.78 is 6.63. The van der Waals surface area contributed by atoms with Gasteiger partial charge in [0.2, 0.25) is 0 Å². The summed E-state index contributed by atoms with van der Waals surface area (Å²) in [5, 5.41) is 7.48. The summed E-state index contributed by atoms with van der Waals surface area (Å²) in [6, 6.07) is 21.7. The Bertz CT molecular complexity index is 1090. The molecule has 6 heteroatoms. The van der Waals surface area contributed by atoms with Crippen molar-refractivity contribution < 1.29 is 9.53 Å². The minimum Gasteiger partial charge on any atom is -0.484 e. The second-order valence-corrected chi connectivity index (χ2v) is 7.66. The van der Waals surface area contributed by atoms with Crippen LogP contribution in [0.4, 0.5) is 5.13 Å². The molecule has 0 unspecified atom stereocenters. The SMILES string of the molecule is O=C(COc1ccc2ccccc2c1)Nc1nc(-c2ccc(Br)cc2)cs1. The van der Waals surface area contributed by atoms with Crippen LogP contribution < -0.4 is 10.1 Å². The number of carbonyl (C=O) groups excluding carboxylic acids is 1. The van der Waals surface area contributed by atoms with Crippen molar-refractivity contribution in [3.8, 4) is 17.0 Å². The van der Waals surface area contributed by atoms with Gasteiger partial charge < -0.3 is 4.74 Å². The Morgan fingerprint density at radius 3 is 2.63 bits per heavy atom. The van der Waals surface area contributed by atoms with E-state index in [1.807, 2.05) is 72.1 Å². The first-order valence-corrected chi connectivity index (χ1v) is 9.97. The molecule has 0 aliphatic heterocycles. The maximum atomic E-state index is 12.2. The van der Waals surface area contributed by atoms with E-state index in [0.717, 1.165) is 26.5 Å². The molecule has 27 heavy (non-hydrogen) atoms. The van der Waals surface area contributed by atoms with E-state index in [1.54, 1.807) is 0 Å². The third-order valence-corrected chi connectivity index (χ3v) is 5.27. The van der Waals surface area contributed by atoms with Crippen molar-refractivity contribution in [1.29, 1.82) is 0 Å². The molecule has 0 spiro atoms. The van der Waals surface area contributed by atoms with Crippen LogP contribution >= 0.6 is 27.3 Å². The molecule has 4 rings (SSSR count). The van der Waals surface area contributed by atoms with Crippen molar-refractivity contribution >= 4 is 49.1 Å². The predicted octanol–water partition coefficient (Wildman–Crippen LogP) is 5.74.